The van der Waals surface area contributed by atoms with Gasteiger partial charge in [-0.15, -0.1) is 0 Å². The third-order valence-corrected chi connectivity index (χ3v) is 4.41. The maximum Gasteiger partial charge on any atom is 0.261 e. The number of hydrogen-bond acceptors (Lipinski definition) is 4. The SMILES string of the molecule is O=C(CS)c1ccc(NS(=O)(=O)c2ccc(F)cc2)cc1. The van der Waals surface area contributed by atoms with Crippen LogP contribution in [-0.4, -0.2) is 20.0 Å². The zero-order chi connectivity index (χ0) is 15.5. The van der Waals surface area contributed by atoms with Crippen LogP contribution in [0.2, 0.25) is 0 Å². The van der Waals surface area contributed by atoms with Gasteiger partial charge in [0.15, 0.2) is 5.78 Å². The van der Waals surface area contributed by atoms with Crippen LogP contribution in [0.5, 0.6) is 0 Å². The van der Waals surface area contributed by atoms with Gasteiger partial charge in [0.25, 0.3) is 10.0 Å². The Kier molecular flexibility index (Phi) is 4.64. The molecule has 0 saturated heterocycles. The van der Waals surface area contributed by atoms with Gasteiger partial charge < -0.3 is 0 Å². The molecule has 0 heterocycles. The molecule has 0 bridgehead atoms. The Balaban J connectivity index is 2.20. The molecule has 110 valence electrons. The smallest absolute Gasteiger partial charge is 0.261 e. The van der Waals surface area contributed by atoms with E-state index in [-0.39, 0.29) is 16.4 Å². The zero-order valence-corrected chi connectivity index (χ0v) is 12.5. The van der Waals surface area contributed by atoms with Crippen molar-refractivity contribution in [2.24, 2.45) is 0 Å². The fourth-order valence-corrected chi connectivity index (χ4v) is 2.88. The van der Waals surface area contributed by atoms with E-state index in [4.69, 9.17) is 0 Å². The molecule has 0 aliphatic heterocycles. The lowest BCUT2D eigenvalue weighted by Gasteiger charge is -2.08. The third-order valence-electron chi connectivity index (χ3n) is 2.73. The predicted molar refractivity (Wildman–Crippen MR) is 81.8 cm³/mol. The Hall–Kier alpha value is -1.86. The van der Waals surface area contributed by atoms with Gasteiger partial charge in [-0.25, -0.2) is 12.8 Å². The van der Waals surface area contributed by atoms with Crippen LogP contribution >= 0.6 is 12.6 Å². The Bertz CT molecular complexity index is 741. The van der Waals surface area contributed by atoms with Gasteiger partial charge in [0, 0.05) is 11.3 Å². The van der Waals surface area contributed by atoms with E-state index < -0.39 is 15.8 Å². The van der Waals surface area contributed by atoms with E-state index in [1.165, 1.54) is 36.4 Å². The van der Waals surface area contributed by atoms with Gasteiger partial charge in [0.05, 0.1) is 10.6 Å². The van der Waals surface area contributed by atoms with Gasteiger partial charge >= 0.3 is 0 Å². The van der Waals surface area contributed by atoms with Crippen molar-refractivity contribution in [3.8, 4) is 0 Å². The molecular weight excluding hydrogens is 313 g/mol. The van der Waals surface area contributed by atoms with Crippen molar-refractivity contribution in [3.05, 3.63) is 59.9 Å². The Morgan fingerprint density at radius 1 is 1.05 bits per heavy atom. The summed E-state index contributed by atoms with van der Waals surface area (Å²) in [6.07, 6.45) is 0. The number of halogens is 1. The highest BCUT2D eigenvalue weighted by atomic mass is 32.2. The first kappa shape index (κ1) is 15.5. The second-order valence-electron chi connectivity index (χ2n) is 4.22. The molecule has 2 aromatic carbocycles. The second-order valence-corrected chi connectivity index (χ2v) is 6.22. The number of thiol groups is 1. The minimum absolute atomic E-state index is 0.0422. The molecule has 0 atom stereocenters. The monoisotopic (exact) mass is 325 g/mol. The molecule has 4 nitrogen and oxygen atoms in total. The molecule has 21 heavy (non-hydrogen) atoms. The molecule has 0 fully saturated rings. The summed E-state index contributed by atoms with van der Waals surface area (Å²) < 4.78 is 39.3. The topological polar surface area (TPSA) is 63.2 Å². The van der Waals surface area contributed by atoms with Crippen molar-refractivity contribution in [1.82, 2.24) is 0 Å². The maximum atomic E-state index is 12.8. The van der Waals surface area contributed by atoms with E-state index in [0.717, 1.165) is 12.1 Å². The molecule has 0 aliphatic carbocycles. The van der Waals surface area contributed by atoms with E-state index >= 15 is 0 Å². The molecule has 0 aliphatic rings. The lowest BCUT2D eigenvalue weighted by Crippen LogP contribution is -2.13. The van der Waals surface area contributed by atoms with Gasteiger partial charge in [-0.2, -0.15) is 12.6 Å². The standard InChI is InChI=1S/C14H12FNO3S2/c15-11-3-7-13(8-4-11)21(18,19)16-12-5-1-10(2-6-12)14(17)9-20/h1-8,16,20H,9H2. The fraction of sp³-hybridized carbons (Fsp3) is 0.0714. The van der Waals surface area contributed by atoms with Crippen LogP contribution < -0.4 is 4.72 Å². The summed E-state index contributed by atoms with van der Waals surface area (Å²) in [5, 5.41) is 0. The molecule has 0 saturated carbocycles. The summed E-state index contributed by atoms with van der Waals surface area (Å²) in [5.41, 5.74) is 0.768. The van der Waals surface area contributed by atoms with Gasteiger partial charge in [-0.3, -0.25) is 9.52 Å². The van der Waals surface area contributed by atoms with Crippen LogP contribution in [0.15, 0.2) is 53.4 Å². The summed E-state index contributed by atoms with van der Waals surface area (Å²) in [6, 6.07) is 10.5. The highest BCUT2D eigenvalue weighted by molar-refractivity contribution is 7.92. The van der Waals surface area contributed by atoms with Crippen molar-refractivity contribution < 1.29 is 17.6 Å². The van der Waals surface area contributed by atoms with Gasteiger partial charge in [-0.05, 0) is 48.5 Å². The minimum Gasteiger partial charge on any atom is -0.293 e. The van der Waals surface area contributed by atoms with Crippen molar-refractivity contribution in [3.63, 3.8) is 0 Å². The molecule has 0 unspecified atom stereocenters. The normalized spacial score (nSPS) is 11.1. The van der Waals surface area contributed by atoms with Crippen LogP contribution in [0, 0.1) is 5.82 Å². The number of carbonyl (C=O) groups is 1. The first-order valence-electron chi connectivity index (χ1n) is 5.95. The first-order valence-corrected chi connectivity index (χ1v) is 8.06. The summed E-state index contributed by atoms with van der Waals surface area (Å²) in [4.78, 5) is 11.4. The molecule has 7 heteroatoms. The average molecular weight is 325 g/mol. The molecule has 2 aromatic rings. The summed E-state index contributed by atoms with van der Waals surface area (Å²) in [6.45, 7) is 0. The summed E-state index contributed by atoms with van der Waals surface area (Å²) >= 11 is 3.89. The molecule has 0 spiro atoms. The van der Waals surface area contributed by atoms with Crippen molar-refractivity contribution in [1.29, 1.82) is 0 Å². The predicted octanol–water partition coefficient (Wildman–Crippen LogP) is 2.74. The van der Waals surface area contributed by atoms with Crippen LogP contribution in [-0.2, 0) is 10.0 Å². The zero-order valence-electron chi connectivity index (χ0n) is 10.8. The molecule has 1 N–H and O–H groups in total. The van der Waals surface area contributed by atoms with Crippen molar-refractivity contribution >= 4 is 34.1 Å². The number of nitrogens with one attached hydrogen (secondary N) is 1. The molecule has 0 amide bonds. The van der Waals surface area contributed by atoms with Crippen LogP contribution in [0.1, 0.15) is 10.4 Å². The highest BCUT2D eigenvalue weighted by Gasteiger charge is 2.14. The quantitative estimate of drug-likeness (QED) is 0.656. The fourth-order valence-electron chi connectivity index (χ4n) is 1.64. The van der Waals surface area contributed by atoms with Crippen LogP contribution in [0.4, 0.5) is 10.1 Å². The van der Waals surface area contributed by atoms with Crippen LogP contribution in [0.3, 0.4) is 0 Å². The Labute approximate surface area is 127 Å². The van der Waals surface area contributed by atoms with Crippen molar-refractivity contribution in [2.75, 3.05) is 10.5 Å². The van der Waals surface area contributed by atoms with Gasteiger partial charge in [0.2, 0.25) is 0 Å². The molecule has 2 rings (SSSR count). The third kappa shape index (κ3) is 3.83. The van der Waals surface area contributed by atoms with Crippen molar-refractivity contribution in [2.45, 2.75) is 4.90 Å². The van der Waals surface area contributed by atoms with E-state index in [1.54, 1.807) is 0 Å². The van der Waals surface area contributed by atoms with Gasteiger partial charge in [-0.1, -0.05) is 0 Å². The molecule has 0 aromatic heterocycles. The van der Waals surface area contributed by atoms with E-state index in [1.807, 2.05) is 0 Å². The number of carbonyl (C=O) groups excluding carboxylic acids is 1. The number of ketones is 1. The number of hydrogen-bond donors (Lipinski definition) is 2. The number of benzene rings is 2. The summed E-state index contributed by atoms with van der Waals surface area (Å²) in [5.74, 6) is -0.574. The molecule has 0 radical (unpaired) electrons. The minimum atomic E-state index is -3.79. The lowest BCUT2D eigenvalue weighted by atomic mass is 10.1. The highest BCUT2D eigenvalue weighted by Crippen LogP contribution is 2.17. The van der Waals surface area contributed by atoms with E-state index in [2.05, 4.69) is 17.4 Å². The van der Waals surface area contributed by atoms with E-state index in [9.17, 15) is 17.6 Å². The lowest BCUT2D eigenvalue weighted by molar-refractivity contribution is 0.102. The molecular formula is C14H12FNO3S2. The maximum absolute atomic E-state index is 12.8. The number of sulfonamides is 1. The average Bonchev–Trinajstić information content (AvgIpc) is 2.47. The number of Topliss-reactive ketones (excluding diaryl/α,β-unsaturated/α-hetero) is 1. The van der Waals surface area contributed by atoms with E-state index in [0.29, 0.717) is 11.3 Å². The second kappa shape index (κ2) is 6.28. The van der Waals surface area contributed by atoms with Gasteiger partial charge in [0.1, 0.15) is 5.82 Å². The number of anilines is 1. The Morgan fingerprint density at radius 2 is 1.62 bits per heavy atom. The summed E-state index contributed by atoms with van der Waals surface area (Å²) in [7, 11) is -3.79. The Morgan fingerprint density at radius 3 is 2.14 bits per heavy atom. The first-order chi connectivity index (χ1) is 9.92. The largest absolute Gasteiger partial charge is 0.293 e. The number of rotatable bonds is 5. The van der Waals surface area contributed by atoms with Crippen LogP contribution in [0.25, 0.3) is 0 Å².